The minimum atomic E-state index is -4.21. The minimum absolute atomic E-state index is 0.00825. The van der Waals surface area contributed by atoms with Gasteiger partial charge in [-0.1, -0.05) is 6.07 Å². The fourth-order valence-corrected chi connectivity index (χ4v) is 1.99. The second kappa shape index (κ2) is 5.40. The molecule has 0 aromatic heterocycles. The first-order valence-corrected chi connectivity index (χ1v) is 7.09. The Kier molecular flexibility index (Phi) is 3.82. The molecule has 0 spiro atoms. The van der Waals surface area contributed by atoms with Crippen LogP contribution in [0.5, 0.6) is 5.75 Å². The Morgan fingerprint density at radius 1 is 1.00 bits per heavy atom. The van der Waals surface area contributed by atoms with Crippen LogP contribution in [0.25, 0.3) is 0 Å². The summed E-state index contributed by atoms with van der Waals surface area (Å²) in [5.74, 6) is 0.00825. The largest absolute Gasteiger partial charge is 0.506 e. The van der Waals surface area contributed by atoms with E-state index in [2.05, 4.69) is 10.2 Å². The average molecular weight is 292 g/mol. The van der Waals surface area contributed by atoms with Crippen molar-refractivity contribution in [3.05, 3.63) is 48.0 Å². The Morgan fingerprint density at radius 3 is 2.25 bits per heavy atom. The fraction of sp³-hybridized carbons (Fsp3) is 0.0769. The Hall–Kier alpha value is -2.25. The number of hydrogen-bond donors (Lipinski definition) is 2. The van der Waals surface area contributed by atoms with Crippen LogP contribution in [-0.4, -0.2) is 18.1 Å². The van der Waals surface area contributed by atoms with Gasteiger partial charge in [-0.15, -0.1) is 5.11 Å². The number of aromatic hydroxyl groups is 1. The van der Waals surface area contributed by atoms with Crippen LogP contribution in [0.2, 0.25) is 0 Å². The van der Waals surface area contributed by atoms with Crippen LogP contribution in [0.1, 0.15) is 5.56 Å². The molecule has 2 N–H and O–H groups in total. The zero-order chi connectivity index (χ0) is 14.8. The lowest BCUT2D eigenvalue weighted by molar-refractivity contribution is 0.476. The van der Waals surface area contributed by atoms with E-state index in [9.17, 15) is 13.5 Å². The van der Waals surface area contributed by atoms with Crippen LogP contribution >= 0.6 is 0 Å². The molecule has 0 bridgehead atoms. The molecule has 0 unspecified atom stereocenters. The fourth-order valence-electron chi connectivity index (χ4n) is 1.51. The maximum absolute atomic E-state index is 10.9. The predicted octanol–water partition coefficient (Wildman–Crippen LogP) is 3.36. The highest BCUT2D eigenvalue weighted by molar-refractivity contribution is 7.85. The second-order valence-corrected chi connectivity index (χ2v) is 5.58. The lowest BCUT2D eigenvalue weighted by atomic mass is 10.2. The quantitative estimate of drug-likeness (QED) is 0.669. The number of rotatable bonds is 3. The maximum atomic E-state index is 10.9. The molecule has 0 aliphatic carbocycles. The lowest BCUT2D eigenvalue weighted by Gasteiger charge is -1.99. The molecule has 0 heterocycles. The third kappa shape index (κ3) is 3.40. The first-order valence-electron chi connectivity index (χ1n) is 5.65. The summed E-state index contributed by atoms with van der Waals surface area (Å²) in [6, 6.07) is 10.2. The molecule has 0 atom stereocenters. The Bertz CT molecular complexity index is 752. The predicted molar refractivity (Wildman–Crippen MR) is 73.3 cm³/mol. The molecule has 6 nitrogen and oxygen atoms in total. The van der Waals surface area contributed by atoms with Crippen molar-refractivity contribution in [1.82, 2.24) is 0 Å². The van der Waals surface area contributed by atoms with E-state index < -0.39 is 10.1 Å². The summed E-state index contributed by atoms with van der Waals surface area (Å²) in [6.07, 6.45) is 0. The summed E-state index contributed by atoms with van der Waals surface area (Å²) in [5.41, 5.74) is 1.65. The number of phenols is 1. The van der Waals surface area contributed by atoms with Gasteiger partial charge in [0, 0.05) is 0 Å². The van der Waals surface area contributed by atoms with E-state index in [-0.39, 0.29) is 10.6 Å². The number of benzene rings is 2. The van der Waals surface area contributed by atoms with Gasteiger partial charge in [-0.05, 0) is 48.9 Å². The van der Waals surface area contributed by atoms with Gasteiger partial charge < -0.3 is 5.11 Å². The molecule has 2 rings (SSSR count). The van der Waals surface area contributed by atoms with E-state index in [0.717, 1.165) is 5.56 Å². The van der Waals surface area contributed by atoms with Crippen molar-refractivity contribution in [3.8, 4) is 5.75 Å². The third-order valence-electron chi connectivity index (χ3n) is 2.54. The molecule has 0 saturated carbocycles. The molecular formula is C13H12N2O4S. The number of azo groups is 1. The molecular weight excluding hydrogens is 280 g/mol. The molecule has 7 heteroatoms. The summed E-state index contributed by atoms with van der Waals surface area (Å²) >= 11 is 0. The zero-order valence-electron chi connectivity index (χ0n) is 10.6. The SMILES string of the molecule is Cc1ccc(O)c(N=Nc2ccc(S(=O)(=O)O)cc2)c1. The topological polar surface area (TPSA) is 99.3 Å². The van der Waals surface area contributed by atoms with Gasteiger partial charge in [0.25, 0.3) is 10.1 Å². The Labute approximate surface area is 116 Å². The molecule has 104 valence electrons. The average Bonchev–Trinajstić information content (AvgIpc) is 2.39. The molecule has 2 aromatic rings. The van der Waals surface area contributed by atoms with Gasteiger partial charge in [-0.25, -0.2) is 0 Å². The first kappa shape index (κ1) is 14.2. The van der Waals surface area contributed by atoms with Crippen molar-refractivity contribution < 1.29 is 18.1 Å². The smallest absolute Gasteiger partial charge is 0.294 e. The van der Waals surface area contributed by atoms with E-state index in [1.165, 1.54) is 30.3 Å². The molecule has 0 radical (unpaired) electrons. The van der Waals surface area contributed by atoms with Gasteiger partial charge >= 0.3 is 0 Å². The molecule has 20 heavy (non-hydrogen) atoms. The number of aryl methyl sites for hydroxylation is 1. The van der Waals surface area contributed by atoms with Crippen molar-refractivity contribution in [3.63, 3.8) is 0 Å². The van der Waals surface area contributed by atoms with E-state index in [4.69, 9.17) is 4.55 Å². The van der Waals surface area contributed by atoms with E-state index in [1.54, 1.807) is 12.1 Å². The van der Waals surface area contributed by atoms with Crippen LogP contribution in [0, 0.1) is 6.92 Å². The van der Waals surface area contributed by atoms with Crippen molar-refractivity contribution >= 4 is 21.5 Å². The number of nitrogens with zero attached hydrogens (tertiary/aromatic N) is 2. The third-order valence-corrected chi connectivity index (χ3v) is 3.41. The van der Waals surface area contributed by atoms with Crippen molar-refractivity contribution in [2.45, 2.75) is 11.8 Å². The van der Waals surface area contributed by atoms with Gasteiger partial charge in [0.2, 0.25) is 0 Å². The zero-order valence-corrected chi connectivity index (χ0v) is 11.4. The molecule has 0 fully saturated rings. The van der Waals surface area contributed by atoms with Crippen LogP contribution in [0.4, 0.5) is 11.4 Å². The Morgan fingerprint density at radius 2 is 1.65 bits per heavy atom. The number of hydrogen-bond acceptors (Lipinski definition) is 5. The normalized spacial score (nSPS) is 11.9. The molecule has 0 amide bonds. The van der Waals surface area contributed by atoms with E-state index in [1.807, 2.05) is 6.92 Å². The highest BCUT2D eigenvalue weighted by Gasteiger charge is 2.08. The lowest BCUT2D eigenvalue weighted by Crippen LogP contribution is -1.96. The van der Waals surface area contributed by atoms with Gasteiger partial charge in [0.1, 0.15) is 11.4 Å². The maximum Gasteiger partial charge on any atom is 0.294 e. The standard InChI is InChI=1S/C13H12N2O4S/c1-9-2-7-13(16)12(8-9)15-14-10-3-5-11(6-4-10)20(17,18)19/h2-8,16H,1H3,(H,17,18,19). The van der Waals surface area contributed by atoms with Crippen LogP contribution in [0.3, 0.4) is 0 Å². The van der Waals surface area contributed by atoms with Gasteiger partial charge in [0.05, 0.1) is 10.6 Å². The van der Waals surface area contributed by atoms with Gasteiger partial charge in [-0.2, -0.15) is 13.5 Å². The number of phenolic OH excluding ortho intramolecular Hbond substituents is 1. The first-order chi connectivity index (χ1) is 9.36. The van der Waals surface area contributed by atoms with E-state index >= 15 is 0 Å². The molecule has 2 aromatic carbocycles. The van der Waals surface area contributed by atoms with Gasteiger partial charge in [-0.3, -0.25) is 4.55 Å². The molecule has 0 aliphatic heterocycles. The summed E-state index contributed by atoms with van der Waals surface area (Å²) in [7, 11) is -4.21. The van der Waals surface area contributed by atoms with E-state index in [0.29, 0.717) is 11.4 Å². The van der Waals surface area contributed by atoms with Crippen LogP contribution in [0.15, 0.2) is 57.6 Å². The summed E-state index contributed by atoms with van der Waals surface area (Å²) < 4.78 is 30.6. The summed E-state index contributed by atoms with van der Waals surface area (Å²) in [5, 5.41) is 17.4. The highest BCUT2D eigenvalue weighted by atomic mass is 32.2. The van der Waals surface area contributed by atoms with Crippen molar-refractivity contribution in [2.75, 3.05) is 0 Å². The van der Waals surface area contributed by atoms with Crippen molar-refractivity contribution in [2.24, 2.45) is 10.2 Å². The van der Waals surface area contributed by atoms with Gasteiger partial charge in [0.15, 0.2) is 0 Å². The Balaban J connectivity index is 2.26. The van der Waals surface area contributed by atoms with Crippen LogP contribution in [-0.2, 0) is 10.1 Å². The molecule has 0 saturated heterocycles. The van der Waals surface area contributed by atoms with Crippen molar-refractivity contribution in [1.29, 1.82) is 0 Å². The summed E-state index contributed by atoms with van der Waals surface area (Å²) in [6.45, 7) is 1.86. The summed E-state index contributed by atoms with van der Waals surface area (Å²) in [4.78, 5) is -0.213. The molecule has 0 aliphatic rings. The van der Waals surface area contributed by atoms with Crippen LogP contribution < -0.4 is 0 Å². The monoisotopic (exact) mass is 292 g/mol. The minimum Gasteiger partial charge on any atom is -0.506 e. The second-order valence-electron chi connectivity index (χ2n) is 4.16. The highest BCUT2D eigenvalue weighted by Crippen LogP contribution is 2.29.